The third-order valence-corrected chi connectivity index (χ3v) is 3.48. The van der Waals surface area contributed by atoms with Crippen LogP contribution in [0.5, 0.6) is 0 Å². The average molecular weight is 276 g/mol. The number of rotatable bonds is 4. The van der Waals surface area contributed by atoms with Crippen molar-refractivity contribution in [2.24, 2.45) is 11.7 Å². The van der Waals surface area contributed by atoms with Crippen LogP contribution in [0, 0.1) is 5.92 Å². The minimum Gasteiger partial charge on any atom is -0.336 e. The number of carbonyl (C=O) groups is 2. The first-order chi connectivity index (χ1) is 9.49. The fourth-order valence-corrected chi connectivity index (χ4v) is 1.96. The van der Waals surface area contributed by atoms with Crippen LogP contribution in [0.15, 0.2) is 24.3 Å². The topological polar surface area (TPSA) is 87.5 Å². The lowest BCUT2D eigenvalue weighted by Gasteiger charge is -2.18. The van der Waals surface area contributed by atoms with E-state index in [2.05, 4.69) is 10.6 Å². The second-order valence-corrected chi connectivity index (χ2v) is 5.07. The first-order valence-corrected chi connectivity index (χ1v) is 6.71. The van der Waals surface area contributed by atoms with Gasteiger partial charge in [-0.1, -0.05) is 13.0 Å². The number of anilines is 2. The lowest BCUT2D eigenvalue weighted by atomic mass is 10.0. The van der Waals surface area contributed by atoms with Gasteiger partial charge in [0.1, 0.15) is 0 Å². The molecule has 1 aliphatic heterocycles. The van der Waals surface area contributed by atoms with Gasteiger partial charge >= 0.3 is 6.03 Å². The van der Waals surface area contributed by atoms with Gasteiger partial charge < -0.3 is 16.4 Å². The SMILES string of the molecule is CC(N)C(C)C(=O)Nc1cccc(N2CCNC2=O)c1. The zero-order valence-electron chi connectivity index (χ0n) is 11.7. The highest BCUT2D eigenvalue weighted by molar-refractivity contribution is 5.96. The second-order valence-electron chi connectivity index (χ2n) is 5.07. The Morgan fingerprint density at radius 2 is 2.20 bits per heavy atom. The predicted octanol–water partition coefficient (Wildman–Crippen LogP) is 1.14. The largest absolute Gasteiger partial charge is 0.336 e. The van der Waals surface area contributed by atoms with Gasteiger partial charge in [0.05, 0.1) is 5.92 Å². The lowest BCUT2D eigenvalue weighted by Crippen LogP contribution is -2.34. The Labute approximate surface area is 118 Å². The summed E-state index contributed by atoms with van der Waals surface area (Å²) in [4.78, 5) is 25.2. The monoisotopic (exact) mass is 276 g/mol. The predicted molar refractivity (Wildman–Crippen MR) is 78.6 cm³/mol. The second kappa shape index (κ2) is 5.92. The van der Waals surface area contributed by atoms with Gasteiger partial charge in [-0.2, -0.15) is 0 Å². The minimum atomic E-state index is -0.270. The standard InChI is InChI=1S/C14H20N4O2/c1-9(10(2)15)13(19)17-11-4-3-5-12(8-11)18-7-6-16-14(18)20/h3-5,8-10H,6-7,15H2,1-2H3,(H,16,20)(H,17,19). The molecular weight excluding hydrogens is 256 g/mol. The van der Waals surface area contributed by atoms with Crippen LogP contribution in [-0.2, 0) is 4.79 Å². The van der Waals surface area contributed by atoms with Crippen molar-refractivity contribution in [1.82, 2.24) is 5.32 Å². The van der Waals surface area contributed by atoms with E-state index in [0.717, 1.165) is 5.69 Å². The quantitative estimate of drug-likeness (QED) is 0.770. The molecule has 0 saturated carbocycles. The molecule has 2 atom stereocenters. The van der Waals surface area contributed by atoms with Crippen LogP contribution in [-0.4, -0.2) is 31.1 Å². The smallest absolute Gasteiger partial charge is 0.321 e. The maximum atomic E-state index is 12.0. The minimum absolute atomic E-state index is 0.113. The zero-order chi connectivity index (χ0) is 14.7. The Balaban J connectivity index is 2.10. The summed E-state index contributed by atoms with van der Waals surface area (Å²) in [5, 5.41) is 5.57. The number of nitrogens with zero attached hydrogens (tertiary/aromatic N) is 1. The van der Waals surface area contributed by atoms with E-state index in [-0.39, 0.29) is 23.9 Å². The molecule has 1 fully saturated rings. The van der Waals surface area contributed by atoms with Gasteiger partial charge in [-0.3, -0.25) is 9.69 Å². The van der Waals surface area contributed by atoms with Gasteiger partial charge in [-0.25, -0.2) is 4.79 Å². The van der Waals surface area contributed by atoms with Gasteiger partial charge in [-0.15, -0.1) is 0 Å². The molecule has 108 valence electrons. The fraction of sp³-hybridized carbons (Fsp3) is 0.429. The molecule has 0 aliphatic carbocycles. The van der Waals surface area contributed by atoms with Crippen molar-refractivity contribution in [1.29, 1.82) is 0 Å². The van der Waals surface area contributed by atoms with Gasteiger partial charge in [0.25, 0.3) is 0 Å². The summed E-state index contributed by atoms with van der Waals surface area (Å²) >= 11 is 0. The highest BCUT2D eigenvalue weighted by Crippen LogP contribution is 2.21. The number of nitrogens with one attached hydrogen (secondary N) is 2. The van der Waals surface area contributed by atoms with Gasteiger partial charge in [-0.05, 0) is 25.1 Å². The third-order valence-electron chi connectivity index (χ3n) is 3.48. The van der Waals surface area contributed by atoms with Crippen LogP contribution in [0.1, 0.15) is 13.8 Å². The molecule has 4 N–H and O–H groups in total. The van der Waals surface area contributed by atoms with Crippen molar-refractivity contribution in [2.45, 2.75) is 19.9 Å². The average Bonchev–Trinajstić information content (AvgIpc) is 2.84. The molecule has 1 saturated heterocycles. The number of nitrogens with two attached hydrogens (primary N) is 1. The lowest BCUT2D eigenvalue weighted by molar-refractivity contribution is -0.119. The van der Waals surface area contributed by atoms with E-state index in [9.17, 15) is 9.59 Å². The van der Waals surface area contributed by atoms with E-state index < -0.39 is 0 Å². The van der Waals surface area contributed by atoms with Crippen LogP contribution in [0.4, 0.5) is 16.2 Å². The molecule has 1 aromatic carbocycles. The number of urea groups is 1. The van der Waals surface area contributed by atoms with Crippen molar-refractivity contribution in [3.05, 3.63) is 24.3 Å². The van der Waals surface area contributed by atoms with Crippen LogP contribution in [0.3, 0.4) is 0 Å². The van der Waals surface area contributed by atoms with Crippen molar-refractivity contribution in [2.75, 3.05) is 23.3 Å². The molecule has 2 unspecified atom stereocenters. The summed E-state index contributed by atoms with van der Waals surface area (Å²) < 4.78 is 0. The molecule has 0 bridgehead atoms. The molecule has 6 nitrogen and oxygen atoms in total. The Hall–Kier alpha value is -2.08. The maximum absolute atomic E-state index is 12.0. The molecule has 1 heterocycles. The molecular formula is C14H20N4O2. The molecule has 1 aromatic rings. The van der Waals surface area contributed by atoms with Crippen LogP contribution < -0.4 is 21.3 Å². The highest BCUT2D eigenvalue weighted by atomic mass is 16.2. The first kappa shape index (κ1) is 14.3. The van der Waals surface area contributed by atoms with Crippen molar-refractivity contribution in [3.63, 3.8) is 0 Å². The summed E-state index contributed by atoms with van der Waals surface area (Å²) in [6.07, 6.45) is 0. The van der Waals surface area contributed by atoms with E-state index in [1.165, 1.54) is 0 Å². The third kappa shape index (κ3) is 3.08. The van der Waals surface area contributed by atoms with Crippen molar-refractivity contribution >= 4 is 23.3 Å². The number of carbonyl (C=O) groups excluding carboxylic acids is 2. The Bertz CT molecular complexity index is 516. The number of hydrogen-bond donors (Lipinski definition) is 3. The van der Waals surface area contributed by atoms with Gasteiger partial charge in [0.2, 0.25) is 5.91 Å². The summed E-state index contributed by atoms with van der Waals surface area (Å²) in [6.45, 7) is 4.86. The van der Waals surface area contributed by atoms with Gasteiger partial charge in [0, 0.05) is 30.5 Å². The normalized spacial score (nSPS) is 17.6. The summed E-state index contributed by atoms with van der Waals surface area (Å²) in [5.41, 5.74) is 7.15. The molecule has 20 heavy (non-hydrogen) atoms. The van der Waals surface area contributed by atoms with E-state index >= 15 is 0 Å². The van der Waals surface area contributed by atoms with Gasteiger partial charge in [0.15, 0.2) is 0 Å². The van der Waals surface area contributed by atoms with Crippen LogP contribution in [0.2, 0.25) is 0 Å². The molecule has 3 amide bonds. The zero-order valence-corrected chi connectivity index (χ0v) is 11.7. The number of hydrogen-bond acceptors (Lipinski definition) is 3. The number of benzene rings is 1. The van der Waals surface area contributed by atoms with E-state index in [1.807, 2.05) is 12.1 Å². The van der Waals surface area contributed by atoms with Crippen molar-refractivity contribution < 1.29 is 9.59 Å². The molecule has 2 rings (SSSR count). The molecule has 0 aromatic heterocycles. The Morgan fingerprint density at radius 1 is 1.45 bits per heavy atom. The van der Waals surface area contributed by atoms with E-state index in [1.54, 1.807) is 30.9 Å². The number of amides is 3. The van der Waals surface area contributed by atoms with Crippen LogP contribution in [0.25, 0.3) is 0 Å². The molecule has 1 aliphatic rings. The Morgan fingerprint density at radius 3 is 2.80 bits per heavy atom. The van der Waals surface area contributed by atoms with Crippen molar-refractivity contribution in [3.8, 4) is 0 Å². The van der Waals surface area contributed by atoms with E-state index in [0.29, 0.717) is 18.8 Å². The summed E-state index contributed by atoms with van der Waals surface area (Å²) in [5.74, 6) is -0.392. The molecule has 0 radical (unpaired) electrons. The fourth-order valence-electron chi connectivity index (χ4n) is 1.96. The summed E-state index contributed by atoms with van der Waals surface area (Å²) in [6, 6.07) is 6.92. The van der Waals surface area contributed by atoms with E-state index in [4.69, 9.17) is 5.73 Å². The maximum Gasteiger partial charge on any atom is 0.321 e. The summed E-state index contributed by atoms with van der Waals surface area (Å²) in [7, 11) is 0. The van der Waals surface area contributed by atoms with Crippen LogP contribution >= 0.6 is 0 Å². The first-order valence-electron chi connectivity index (χ1n) is 6.71. The highest BCUT2D eigenvalue weighted by Gasteiger charge is 2.22. The molecule has 0 spiro atoms. The Kier molecular flexibility index (Phi) is 4.24. The molecule has 6 heteroatoms.